The first-order valence-corrected chi connectivity index (χ1v) is 4.64. The molecule has 2 N–H and O–H groups in total. The summed E-state index contributed by atoms with van der Waals surface area (Å²) < 4.78 is 0. The number of carbonyl (C=O) groups is 1. The van der Waals surface area contributed by atoms with Gasteiger partial charge in [0.15, 0.2) is 0 Å². The van der Waals surface area contributed by atoms with Crippen molar-refractivity contribution in [3.63, 3.8) is 0 Å². The molecule has 0 radical (unpaired) electrons. The number of carbonyl (C=O) groups excluding carboxylic acids is 1. The van der Waals surface area contributed by atoms with E-state index < -0.39 is 0 Å². The SMILES string of the molecule is CCC(C(C)C)N1CC(N)C1=O. The smallest absolute Gasteiger partial charge is 0.241 e. The van der Waals surface area contributed by atoms with E-state index in [2.05, 4.69) is 20.8 Å². The standard InChI is InChI=1S/C9H18N2O/c1-4-8(6(2)3)11-5-7(10)9(11)12/h6-8H,4-5,10H2,1-3H3. The topological polar surface area (TPSA) is 46.3 Å². The monoisotopic (exact) mass is 170 g/mol. The molecule has 0 spiro atoms. The molecule has 1 heterocycles. The lowest BCUT2D eigenvalue weighted by Crippen LogP contribution is -2.64. The van der Waals surface area contributed by atoms with Gasteiger partial charge in [-0.3, -0.25) is 4.79 Å². The molecule has 1 aliphatic rings. The molecule has 70 valence electrons. The van der Waals surface area contributed by atoms with Crippen LogP contribution in [0, 0.1) is 5.92 Å². The van der Waals surface area contributed by atoms with Crippen LogP contribution >= 0.6 is 0 Å². The van der Waals surface area contributed by atoms with Gasteiger partial charge in [-0.15, -0.1) is 0 Å². The van der Waals surface area contributed by atoms with Crippen LogP contribution in [0.2, 0.25) is 0 Å². The van der Waals surface area contributed by atoms with Crippen LogP contribution in [0.5, 0.6) is 0 Å². The first-order chi connectivity index (χ1) is 5.57. The zero-order valence-corrected chi connectivity index (χ0v) is 8.08. The maximum absolute atomic E-state index is 11.3. The zero-order chi connectivity index (χ0) is 9.30. The van der Waals surface area contributed by atoms with Crippen molar-refractivity contribution in [2.45, 2.75) is 39.3 Å². The molecule has 0 aromatic heterocycles. The summed E-state index contributed by atoms with van der Waals surface area (Å²) in [6.45, 7) is 7.15. The first kappa shape index (κ1) is 9.52. The molecule has 1 rings (SSSR count). The Balaban J connectivity index is 2.52. The molecule has 2 unspecified atom stereocenters. The highest BCUT2D eigenvalue weighted by Gasteiger charge is 2.38. The second-order valence-electron chi connectivity index (χ2n) is 3.82. The molecule has 3 nitrogen and oxygen atoms in total. The van der Waals surface area contributed by atoms with Crippen molar-refractivity contribution in [1.82, 2.24) is 4.90 Å². The van der Waals surface area contributed by atoms with Crippen molar-refractivity contribution >= 4 is 5.91 Å². The molecule has 1 fully saturated rings. The maximum atomic E-state index is 11.3. The predicted molar refractivity (Wildman–Crippen MR) is 48.6 cm³/mol. The Labute approximate surface area is 73.9 Å². The second kappa shape index (κ2) is 3.44. The lowest BCUT2D eigenvalue weighted by Gasteiger charge is -2.43. The van der Waals surface area contributed by atoms with Crippen molar-refractivity contribution in [3.05, 3.63) is 0 Å². The summed E-state index contributed by atoms with van der Waals surface area (Å²) in [5.41, 5.74) is 5.51. The minimum atomic E-state index is -0.224. The molecule has 1 amide bonds. The molecule has 1 saturated heterocycles. The van der Waals surface area contributed by atoms with Crippen LogP contribution in [-0.2, 0) is 4.79 Å². The van der Waals surface area contributed by atoms with Gasteiger partial charge in [0.05, 0.1) is 0 Å². The number of amides is 1. The predicted octanol–water partition coefficient (Wildman–Crippen LogP) is 0.590. The summed E-state index contributed by atoms with van der Waals surface area (Å²) in [7, 11) is 0. The van der Waals surface area contributed by atoms with E-state index in [1.807, 2.05) is 4.90 Å². The highest BCUT2D eigenvalue weighted by molar-refractivity contribution is 5.87. The summed E-state index contributed by atoms with van der Waals surface area (Å²) in [5, 5.41) is 0. The van der Waals surface area contributed by atoms with E-state index in [0.29, 0.717) is 12.0 Å². The van der Waals surface area contributed by atoms with Gasteiger partial charge in [-0.1, -0.05) is 20.8 Å². The molecular formula is C9H18N2O. The van der Waals surface area contributed by atoms with Crippen molar-refractivity contribution < 1.29 is 4.79 Å². The van der Waals surface area contributed by atoms with E-state index in [9.17, 15) is 4.79 Å². The number of nitrogens with two attached hydrogens (primary N) is 1. The van der Waals surface area contributed by atoms with Gasteiger partial charge in [0.2, 0.25) is 5.91 Å². The van der Waals surface area contributed by atoms with E-state index in [1.165, 1.54) is 0 Å². The third-order valence-electron chi connectivity index (χ3n) is 2.58. The summed E-state index contributed by atoms with van der Waals surface area (Å²) in [6, 6.07) is 0.162. The van der Waals surface area contributed by atoms with E-state index >= 15 is 0 Å². The quantitative estimate of drug-likeness (QED) is 0.630. The Morgan fingerprint density at radius 2 is 2.25 bits per heavy atom. The zero-order valence-electron chi connectivity index (χ0n) is 8.08. The molecule has 0 aromatic carbocycles. The first-order valence-electron chi connectivity index (χ1n) is 4.64. The van der Waals surface area contributed by atoms with Crippen LogP contribution in [0.15, 0.2) is 0 Å². The second-order valence-corrected chi connectivity index (χ2v) is 3.82. The van der Waals surface area contributed by atoms with Crippen LogP contribution in [0.3, 0.4) is 0 Å². The van der Waals surface area contributed by atoms with Gasteiger partial charge in [-0.25, -0.2) is 0 Å². The third kappa shape index (κ3) is 1.46. The van der Waals surface area contributed by atoms with Crippen LogP contribution in [0.4, 0.5) is 0 Å². The highest BCUT2D eigenvalue weighted by atomic mass is 16.2. The number of nitrogens with zero attached hydrogens (tertiary/aromatic N) is 1. The maximum Gasteiger partial charge on any atom is 0.241 e. The Morgan fingerprint density at radius 3 is 2.50 bits per heavy atom. The van der Waals surface area contributed by atoms with Gasteiger partial charge in [-0.05, 0) is 12.3 Å². The van der Waals surface area contributed by atoms with E-state index in [-0.39, 0.29) is 11.9 Å². The molecule has 2 atom stereocenters. The minimum absolute atomic E-state index is 0.121. The molecule has 0 saturated carbocycles. The van der Waals surface area contributed by atoms with Crippen LogP contribution in [0.1, 0.15) is 27.2 Å². The van der Waals surface area contributed by atoms with Crippen LogP contribution in [0.25, 0.3) is 0 Å². The van der Waals surface area contributed by atoms with Gasteiger partial charge in [0.1, 0.15) is 6.04 Å². The van der Waals surface area contributed by atoms with Gasteiger partial charge in [0, 0.05) is 12.6 Å². The summed E-state index contributed by atoms with van der Waals surface area (Å²) >= 11 is 0. The van der Waals surface area contributed by atoms with E-state index in [1.54, 1.807) is 0 Å². The average Bonchev–Trinajstić information content (AvgIpc) is 2.03. The van der Waals surface area contributed by atoms with Gasteiger partial charge < -0.3 is 10.6 Å². The van der Waals surface area contributed by atoms with Gasteiger partial charge >= 0.3 is 0 Å². The fourth-order valence-corrected chi connectivity index (χ4v) is 1.83. The Kier molecular flexibility index (Phi) is 2.73. The number of hydrogen-bond acceptors (Lipinski definition) is 2. The Bertz CT molecular complexity index is 179. The number of rotatable bonds is 3. The van der Waals surface area contributed by atoms with Crippen LogP contribution in [-0.4, -0.2) is 29.4 Å². The normalized spacial score (nSPS) is 25.9. The van der Waals surface area contributed by atoms with E-state index in [0.717, 1.165) is 13.0 Å². The largest absolute Gasteiger partial charge is 0.336 e. The fourth-order valence-electron chi connectivity index (χ4n) is 1.83. The number of likely N-dealkylation sites (tertiary alicyclic amines) is 1. The molecule has 0 bridgehead atoms. The lowest BCUT2D eigenvalue weighted by molar-refractivity contribution is -0.147. The minimum Gasteiger partial charge on any atom is -0.336 e. The summed E-state index contributed by atoms with van der Waals surface area (Å²) in [4.78, 5) is 13.2. The summed E-state index contributed by atoms with van der Waals surface area (Å²) in [6.07, 6.45) is 1.02. The highest BCUT2D eigenvalue weighted by Crippen LogP contribution is 2.20. The number of hydrogen-bond donors (Lipinski definition) is 1. The molecule has 1 aliphatic heterocycles. The van der Waals surface area contributed by atoms with Crippen molar-refractivity contribution in [2.24, 2.45) is 11.7 Å². The molecule has 3 heteroatoms. The molecule has 0 aliphatic carbocycles. The molecule has 12 heavy (non-hydrogen) atoms. The third-order valence-corrected chi connectivity index (χ3v) is 2.58. The fraction of sp³-hybridized carbons (Fsp3) is 0.889. The summed E-state index contributed by atoms with van der Waals surface area (Å²) in [5.74, 6) is 0.655. The lowest BCUT2D eigenvalue weighted by atomic mass is 9.95. The van der Waals surface area contributed by atoms with Crippen molar-refractivity contribution in [1.29, 1.82) is 0 Å². The average molecular weight is 170 g/mol. The van der Waals surface area contributed by atoms with E-state index in [4.69, 9.17) is 5.73 Å². The van der Waals surface area contributed by atoms with Gasteiger partial charge in [-0.2, -0.15) is 0 Å². The molecule has 0 aromatic rings. The van der Waals surface area contributed by atoms with Crippen molar-refractivity contribution in [2.75, 3.05) is 6.54 Å². The van der Waals surface area contributed by atoms with Crippen molar-refractivity contribution in [3.8, 4) is 0 Å². The molecular weight excluding hydrogens is 152 g/mol. The number of β-lactam (4-membered cyclic amide) rings is 1. The van der Waals surface area contributed by atoms with Gasteiger partial charge in [0.25, 0.3) is 0 Å². The Hall–Kier alpha value is -0.570. The van der Waals surface area contributed by atoms with Crippen LogP contribution < -0.4 is 5.73 Å². The Morgan fingerprint density at radius 1 is 1.67 bits per heavy atom.